The van der Waals surface area contributed by atoms with Gasteiger partial charge in [0.1, 0.15) is 0 Å². The van der Waals surface area contributed by atoms with E-state index in [4.69, 9.17) is 4.74 Å². The Bertz CT molecular complexity index is 2790. The third-order valence-corrected chi connectivity index (χ3v) is 27.1. The van der Waals surface area contributed by atoms with Gasteiger partial charge >= 0.3 is 0 Å². The number of ether oxygens (including phenoxy) is 1. The number of hydrogen-bond donors (Lipinski definition) is 0. The monoisotopic (exact) mass is 1110 g/mol. The van der Waals surface area contributed by atoms with Crippen molar-refractivity contribution in [3.63, 3.8) is 0 Å². The minimum atomic E-state index is 0.141. The predicted octanol–water partition coefficient (Wildman–Crippen LogP) is 20.2. The van der Waals surface area contributed by atoms with Gasteiger partial charge in [-0.2, -0.15) is 0 Å². The van der Waals surface area contributed by atoms with E-state index >= 15 is 0 Å². The van der Waals surface area contributed by atoms with Crippen molar-refractivity contribution in [3.8, 4) is 0 Å². The van der Waals surface area contributed by atoms with E-state index in [9.17, 15) is 0 Å². The highest BCUT2D eigenvalue weighted by atomic mass is 16.5. The normalized spacial score (nSPS) is 43.4. The van der Waals surface area contributed by atoms with Crippen LogP contribution in [-0.4, -0.2) is 52.2 Å². The van der Waals surface area contributed by atoms with Crippen LogP contribution in [0.5, 0.6) is 0 Å². The molecule has 3 nitrogen and oxygen atoms in total. The maximum atomic E-state index is 7.08. The zero-order chi connectivity index (χ0) is 55.7. The van der Waals surface area contributed by atoms with Crippen LogP contribution in [0.1, 0.15) is 225 Å². The SMILES string of the molecule is C=CC1=CCC(OC2CCC([C@]3(C4C=CCCC4)C4CC(N(C5=CCC(C6=CC7(C)C8=CC(C9CCC(C=C)CC9)=CCC8N(C8CCCCC8)C7CC6)CC5)C5CC=C6C=CC7=C(C=CCC7)C6C5)C=CC4C4CCCCC43)CC2)CC1. The maximum Gasteiger partial charge on any atom is 0.0616 e. The van der Waals surface area contributed by atoms with Crippen molar-refractivity contribution in [2.75, 3.05) is 0 Å². The smallest absolute Gasteiger partial charge is 0.0616 e. The van der Waals surface area contributed by atoms with E-state index in [1.54, 1.807) is 28.0 Å². The molecule has 14 aliphatic carbocycles. The molecule has 0 aromatic heterocycles. The first kappa shape index (κ1) is 55.9. The van der Waals surface area contributed by atoms with E-state index in [1.165, 1.54) is 211 Å². The van der Waals surface area contributed by atoms with Crippen LogP contribution in [0.4, 0.5) is 0 Å². The highest BCUT2D eigenvalue weighted by Crippen LogP contribution is 2.71. The third-order valence-electron chi connectivity index (χ3n) is 27.1. The molecular formula is C80H108N2O. The summed E-state index contributed by atoms with van der Waals surface area (Å²) in [7, 11) is 0. The molecule has 1 heterocycles. The van der Waals surface area contributed by atoms with Crippen LogP contribution >= 0.6 is 0 Å². The summed E-state index contributed by atoms with van der Waals surface area (Å²) in [5, 5.41) is 0. The second-order valence-electron chi connectivity index (χ2n) is 30.8. The molecule has 14 atom stereocenters. The van der Waals surface area contributed by atoms with Crippen molar-refractivity contribution in [1.29, 1.82) is 0 Å². The van der Waals surface area contributed by atoms with Gasteiger partial charge in [0.25, 0.3) is 0 Å². The minimum absolute atomic E-state index is 0.141. The lowest BCUT2D eigenvalue weighted by Crippen LogP contribution is -2.52. The molecule has 0 aromatic carbocycles. The van der Waals surface area contributed by atoms with Crippen LogP contribution in [0.3, 0.4) is 0 Å². The molecule has 15 aliphatic rings. The first-order valence-corrected chi connectivity index (χ1v) is 36.0. The number of hydrogen-bond acceptors (Lipinski definition) is 3. The van der Waals surface area contributed by atoms with Crippen molar-refractivity contribution < 1.29 is 4.74 Å². The van der Waals surface area contributed by atoms with Crippen LogP contribution in [0, 0.1) is 70.0 Å². The number of nitrogens with zero attached hydrogens (tertiary/aromatic N) is 2. The number of fused-ring (bicyclic) bond motifs is 8. The molecular weight excluding hydrogens is 1000 g/mol. The lowest BCUT2D eigenvalue weighted by Gasteiger charge is -2.56. The molecule has 444 valence electrons. The van der Waals surface area contributed by atoms with E-state index in [2.05, 4.69) is 127 Å². The van der Waals surface area contributed by atoms with Gasteiger partial charge in [0.15, 0.2) is 0 Å². The van der Waals surface area contributed by atoms with Crippen LogP contribution in [0.15, 0.2) is 155 Å². The summed E-state index contributed by atoms with van der Waals surface area (Å²) in [4.78, 5) is 6.37. The number of likely N-dealkylation sites (tertiary alicyclic amines) is 1. The molecule has 13 unspecified atom stereocenters. The van der Waals surface area contributed by atoms with E-state index in [0.29, 0.717) is 53.6 Å². The van der Waals surface area contributed by atoms with Crippen molar-refractivity contribution >= 4 is 0 Å². The van der Waals surface area contributed by atoms with E-state index in [-0.39, 0.29) is 5.41 Å². The van der Waals surface area contributed by atoms with Gasteiger partial charge in [0, 0.05) is 47.2 Å². The quantitative estimate of drug-likeness (QED) is 0.181. The van der Waals surface area contributed by atoms with E-state index in [0.717, 1.165) is 66.2 Å². The molecule has 0 bridgehead atoms. The molecule has 3 heteroatoms. The summed E-state index contributed by atoms with van der Waals surface area (Å²) in [6.45, 7) is 11.0. The molecule has 0 aromatic rings. The van der Waals surface area contributed by atoms with Crippen molar-refractivity contribution in [3.05, 3.63) is 155 Å². The summed E-state index contributed by atoms with van der Waals surface area (Å²) in [6, 6.07) is 3.03. The molecule has 15 rings (SSSR count). The maximum absolute atomic E-state index is 7.08. The fourth-order valence-corrected chi connectivity index (χ4v) is 23.3. The Morgan fingerprint density at radius 2 is 1.49 bits per heavy atom. The van der Waals surface area contributed by atoms with Gasteiger partial charge in [0.2, 0.25) is 0 Å². The Morgan fingerprint density at radius 1 is 0.639 bits per heavy atom. The molecule has 0 spiro atoms. The zero-order valence-electron chi connectivity index (χ0n) is 51.8. The molecule has 5 saturated carbocycles. The van der Waals surface area contributed by atoms with Crippen LogP contribution in [-0.2, 0) is 4.74 Å². The van der Waals surface area contributed by atoms with Crippen molar-refractivity contribution in [1.82, 2.24) is 9.80 Å². The Hall–Kier alpha value is -3.66. The summed E-state index contributed by atoms with van der Waals surface area (Å²) >= 11 is 0. The summed E-state index contributed by atoms with van der Waals surface area (Å²) in [6.07, 6.45) is 88.1. The Kier molecular flexibility index (Phi) is 16.0. The summed E-state index contributed by atoms with van der Waals surface area (Å²) < 4.78 is 7.08. The van der Waals surface area contributed by atoms with Crippen LogP contribution in [0.2, 0.25) is 0 Å². The highest BCUT2D eigenvalue weighted by Gasteiger charge is 2.66. The van der Waals surface area contributed by atoms with Gasteiger partial charge in [-0.3, -0.25) is 4.90 Å². The molecule has 0 N–H and O–H groups in total. The lowest BCUT2D eigenvalue weighted by atomic mass is 9.49. The summed E-state index contributed by atoms with van der Waals surface area (Å²) in [5.74, 6) is 7.44. The highest BCUT2D eigenvalue weighted by molar-refractivity contribution is 5.51. The van der Waals surface area contributed by atoms with Gasteiger partial charge in [-0.25, -0.2) is 0 Å². The second-order valence-corrected chi connectivity index (χ2v) is 30.8. The van der Waals surface area contributed by atoms with Crippen molar-refractivity contribution in [2.24, 2.45) is 70.0 Å². The lowest BCUT2D eigenvalue weighted by molar-refractivity contribution is -0.0885. The molecule has 0 amide bonds. The average molecular weight is 1110 g/mol. The average Bonchev–Trinajstić information content (AvgIpc) is 2.27. The second kappa shape index (κ2) is 23.8. The Morgan fingerprint density at radius 3 is 2.29 bits per heavy atom. The largest absolute Gasteiger partial charge is 0.375 e. The van der Waals surface area contributed by atoms with Gasteiger partial charge in [0.05, 0.1) is 12.2 Å². The minimum Gasteiger partial charge on any atom is -0.375 e. The molecule has 1 saturated heterocycles. The molecule has 6 fully saturated rings. The van der Waals surface area contributed by atoms with Gasteiger partial charge < -0.3 is 9.64 Å². The first-order chi connectivity index (χ1) is 40.9. The third kappa shape index (κ3) is 10.1. The summed E-state index contributed by atoms with van der Waals surface area (Å²) in [5.41, 5.74) is 13.9. The zero-order valence-corrected chi connectivity index (χ0v) is 51.8. The number of rotatable bonds is 12. The number of allylic oxidation sites excluding steroid dienone is 18. The predicted molar refractivity (Wildman–Crippen MR) is 346 cm³/mol. The molecule has 1 aliphatic heterocycles. The van der Waals surface area contributed by atoms with Gasteiger partial charge in [-0.1, -0.05) is 154 Å². The van der Waals surface area contributed by atoms with Crippen LogP contribution in [0.25, 0.3) is 0 Å². The molecule has 0 radical (unpaired) electrons. The first-order valence-electron chi connectivity index (χ1n) is 36.0. The van der Waals surface area contributed by atoms with Gasteiger partial charge in [-0.05, 0) is 273 Å². The van der Waals surface area contributed by atoms with Gasteiger partial charge in [-0.15, -0.1) is 6.58 Å². The van der Waals surface area contributed by atoms with E-state index in [1.807, 2.05) is 11.1 Å². The van der Waals surface area contributed by atoms with Crippen molar-refractivity contribution in [2.45, 2.75) is 268 Å². The van der Waals surface area contributed by atoms with E-state index < -0.39 is 0 Å². The Balaban J connectivity index is 0.744. The Labute approximate surface area is 504 Å². The molecule has 83 heavy (non-hydrogen) atoms. The fraction of sp³-hybridized carbons (Fsp3) is 0.675. The van der Waals surface area contributed by atoms with Crippen LogP contribution < -0.4 is 0 Å². The fourth-order valence-electron chi connectivity index (χ4n) is 23.3. The topological polar surface area (TPSA) is 15.7 Å². The standard InChI is InChI=1S/C80H108N2O/c1-4-54-24-28-56(29-25-54)60-35-48-77-76(50-60)79(3)53-61(36-49-78(79)82(77)64-19-10-7-11-20-64)57-32-39-65(40-33-57)81(66-41-34-59-31-30-58-16-12-13-21-70(58)73(59)51-66)67-42-47-72-71-22-14-15-23-74(71)80(75(72)52-67,62-17-8-6-9-18-62)63-37-45-69(46-38-63)83-68-43-26-55(5-2)27-44-68/h4-5,8,13,17,21,26,30-31,34-35,39,42,47,50,53-54,56-57,62-64,66-69,71-75,77-78H,1-2,6-7,9-12,14-16,18-20,22-25,27-29,32-33,36-38,40-41,43-46,48-49,51-52H2,3H3/t54?,56?,57?,62?,63?,66?,67?,68?,69?,71?,72?,73?,74?,75?,77?,78?,79?,80-/m0/s1.